The van der Waals surface area contributed by atoms with Gasteiger partial charge < -0.3 is 19.8 Å². The number of likely N-dealkylation sites (N-methyl/N-ethyl adjacent to an activating group) is 1. The van der Waals surface area contributed by atoms with Gasteiger partial charge in [-0.25, -0.2) is 4.57 Å². The zero-order valence-corrected chi connectivity index (χ0v) is 50.0. The van der Waals surface area contributed by atoms with E-state index in [2.05, 4.69) is 67.8 Å². The standard InChI is InChI=1S/C64H123N2O6P/c1-6-8-10-12-14-16-18-20-22-24-26-27-28-29-30-31-32-33-34-35-36-37-38-40-41-43-45-47-49-51-53-55-57-63(67)62(61-72-73(69,70)71-60-59-66(3,4)5)65-64(68)58-56-54-52-50-48-46-44-42-39-25-23-21-19-17-15-13-11-9-7-2/h9,11,15,17,21,23,39,42,62-63,67H,6-8,10,12-14,16,18-20,22,24-38,40-41,43-61H2,1-5H3,(H-,65,68,69,70)/p+1/b11-9-,17-15-,23-21-,42-39-. The van der Waals surface area contributed by atoms with Crippen LogP contribution in [0.25, 0.3) is 0 Å². The first-order valence-electron chi connectivity index (χ1n) is 31.5. The van der Waals surface area contributed by atoms with Gasteiger partial charge in [-0.15, -0.1) is 0 Å². The molecule has 0 aliphatic rings. The van der Waals surface area contributed by atoms with Crippen LogP contribution >= 0.6 is 7.82 Å². The van der Waals surface area contributed by atoms with Crippen LogP contribution in [-0.2, 0) is 18.4 Å². The number of aliphatic hydroxyl groups excluding tert-OH is 1. The zero-order chi connectivity index (χ0) is 53.5. The van der Waals surface area contributed by atoms with Gasteiger partial charge in [0.25, 0.3) is 0 Å². The normalized spacial score (nSPS) is 14.1. The second kappa shape index (κ2) is 55.2. The van der Waals surface area contributed by atoms with E-state index < -0.39 is 20.0 Å². The topological polar surface area (TPSA) is 105 Å². The van der Waals surface area contributed by atoms with E-state index in [1.54, 1.807) is 0 Å². The summed E-state index contributed by atoms with van der Waals surface area (Å²) in [6.45, 7) is 4.80. The lowest BCUT2D eigenvalue weighted by molar-refractivity contribution is -0.870. The average Bonchev–Trinajstić information content (AvgIpc) is 3.35. The highest BCUT2D eigenvalue weighted by Crippen LogP contribution is 2.43. The minimum Gasteiger partial charge on any atom is -0.391 e. The molecule has 0 aromatic rings. The minimum absolute atomic E-state index is 0.0704. The summed E-state index contributed by atoms with van der Waals surface area (Å²) in [4.78, 5) is 23.4. The maximum Gasteiger partial charge on any atom is 0.472 e. The van der Waals surface area contributed by atoms with Crippen LogP contribution in [0.5, 0.6) is 0 Å². The van der Waals surface area contributed by atoms with Crippen molar-refractivity contribution in [3.05, 3.63) is 48.6 Å². The first-order valence-corrected chi connectivity index (χ1v) is 33.0. The first kappa shape index (κ1) is 71.5. The molecule has 0 radical (unpaired) electrons. The Hall–Kier alpha value is -1.54. The van der Waals surface area contributed by atoms with Crippen molar-refractivity contribution in [1.29, 1.82) is 0 Å². The first-order chi connectivity index (χ1) is 35.5. The van der Waals surface area contributed by atoms with Crippen molar-refractivity contribution >= 4 is 13.7 Å². The summed E-state index contributed by atoms with van der Waals surface area (Å²) in [5, 5.41) is 14.1. The fraction of sp³-hybridized carbons (Fsp3) is 0.859. The van der Waals surface area contributed by atoms with Crippen molar-refractivity contribution in [3.63, 3.8) is 0 Å². The van der Waals surface area contributed by atoms with Crippen molar-refractivity contribution in [2.24, 2.45) is 0 Å². The monoisotopic (exact) mass is 1050 g/mol. The van der Waals surface area contributed by atoms with Crippen molar-refractivity contribution in [3.8, 4) is 0 Å². The number of nitrogens with one attached hydrogen (secondary N) is 1. The van der Waals surface area contributed by atoms with Crippen LogP contribution in [0.4, 0.5) is 0 Å². The Morgan fingerprint density at radius 2 is 0.822 bits per heavy atom. The van der Waals surface area contributed by atoms with Gasteiger partial charge in [0.15, 0.2) is 0 Å². The maximum atomic E-state index is 13.0. The molecule has 430 valence electrons. The number of hydrogen-bond acceptors (Lipinski definition) is 5. The summed E-state index contributed by atoms with van der Waals surface area (Å²) < 4.78 is 23.8. The van der Waals surface area contributed by atoms with Crippen LogP contribution in [0.15, 0.2) is 48.6 Å². The summed E-state index contributed by atoms with van der Waals surface area (Å²) in [5.74, 6) is -0.156. The van der Waals surface area contributed by atoms with Crippen LogP contribution in [-0.4, -0.2) is 73.4 Å². The Labute approximate surface area is 454 Å². The van der Waals surface area contributed by atoms with Crippen LogP contribution in [0.1, 0.15) is 303 Å². The molecule has 73 heavy (non-hydrogen) atoms. The van der Waals surface area contributed by atoms with Crippen molar-refractivity contribution < 1.29 is 32.9 Å². The maximum absolute atomic E-state index is 13.0. The summed E-state index contributed by atoms with van der Waals surface area (Å²) in [7, 11) is 1.61. The van der Waals surface area contributed by atoms with E-state index in [0.29, 0.717) is 23.9 Å². The van der Waals surface area contributed by atoms with E-state index in [1.165, 1.54) is 199 Å². The SMILES string of the molecule is CC/C=C\C/C=C\C/C=C\C/C=C\CCCCCCCCC(=O)NC(COP(=O)(O)OCC[N+](C)(C)C)C(O)CCCCCCCCCCCCCCCCCCCCCCCCCCCCCCCCCC. The summed E-state index contributed by atoms with van der Waals surface area (Å²) in [5.41, 5.74) is 0. The Morgan fingerprint density at radius 3 is 1.21 bits per heavy atom. The highest BCUT2D eigenvalue weighted by atomic mass is 31.2. The number of allylic oxidation sites excluding steroid dienone is 8. The van der Waals surface area contributed by atoms with Gasteiger partial charge in [-0.05, 0) is 51.4 Å². The Kier molecular flexibility index (Phi) is 54.1. The third kappa shape index (κ3) is 58.0. The van der Waals surface area contributed by atoms with E-state index in [-0.39, 0.29) is 19.1 Å². The molecule has 0 rings (SSSR count). The molecule has 0 aliphatic carbocycles. The number of aliphatic hydroxyl groups is 1. The van der Waals surface area contributed by atoms with Gasteiger partial charge in [0.05, 0.1) is 39.9 Å². The van der Waals surface area contributed by atoms with E-state index in [0.717, 1.165) is 77.0 Å². The smallest absolute Gasteiger partial charge is 0.391 e. The highest BCUT2D eigenvalue weighted by molar-refractivity contribution is 7.47. The minimum atomic E-state index is -4.33. The average molecular weight is 1050 g/mol. The Morgan fingerprint density at radius 1 is 0.479 bits per heavy atom. The lowest BCUT2D eigenvalue weighted by Gasteiger charge is -2.26. The molecule has 1 amide bonds. The molecule has 0 fully saturated rings. The number of rotatable bonds is 58. The summed E-state index contributed by atoms with van der Waals surface area (Å²) in [6, 6.07) is -0.772. The quantitative estimate of drug-likeness (QED) is 0.0243. The molecule has 0 aromatic heterocycles. The molecule has 0 saturated carbocycles. The number of amides is 1. The van der Waals surface area contributed by atoms with Gasteiger partial charge in [-0.3, -0.25) is 13.8 Å². The molecular weight excluding hydrogens is 924 g/mol. The number of phosphoric ester groups is 1. The highest BCUT2D eigenvalue weighted by Gasteiger charge is 2.28. The molecule has 3 N–H and O–H groups in total. The second-order valence-corrected chi connectivity index (χ2v) is 24.2. The van der Waals surface area contributed by atoms with Crippen LogP contribution in [0.3, 0.4) is 0 Å². The van der Waals surface area contributed by atoms with Crippen LogP contribution < -0.4 is 5.32 Å². The van der Waals surface area contributed by atoms with Gasteiger partial charge >= 0.3 is 7.82 Å². The number of hydrogen-bond donors (Lipinski definition) is 3. The molecule has 3 unspecified atom stereocenters. The van der Waals surface area contributed by atoms with E-state index in [4.69, 9.17) is 9.05 Å². The molecule has 0 heterocycles. The summed E-state index contributed by atoms with van der Waals surface area (Å²) in [6.07, 6.45) is 73.4. The van der Waals surface area contributed by atoms with Gasteiger partial charge in [-0.2, -0.15) is 0 Å². The lowest BCUT2D eigenvalue weighted by Crippen LogP contribution is -2.46. The summed E-state index contributed by atoms with van der Waals surface area (Å²) >= 11 is 0. The lowest BCUT2D eigenvalue weighted by atomic mass is 10.0. The van der Waals surface area contributed by atoms with Crippen LogP contribution in [0, 0.1) is 0 Å². The Balaban J connectivity index is 4.05. The molecule has 3 atom stereocenters. The van der Waals surface area contributed by atoms with Gasteiger partial charge in [0.1, 0.15) is 13.2 Å². The molecule has 9 heteroatoms. The predicted molar refractivity (Wildman–Crippen MR) is 318 cm³/mol. The molecule has 0 spiro atoms. The zero-order valence-electron chi connectivity index (χ0n) is 49.1. The van der Waals surface area contributed by atoms with Gasteiger partial charge in [0.2, 0.25) is 5.91 Å². The van der Waals surface area contributed by atoms with Crippen molar-refractivity contribution in [2.45, 2.75) is 315 Å². The van der Waals surface area contributed by atoms with Gasteiger partial charge in [0, 0.05) is 6.42 Å². The van der Waals surface area contributed by atoms with Gasteiger partial charge in [-0.1, -0.05) is 294 Å². The van der Waals surface area contributed by atoms with Crippen molar-refractivity contribution in [2.75, 3.05) is 40.9 Å². The largest absolute Gasteiger partial charge is 0.472 e. The predicted octanol–water partition coefficient (Wildman–Crippen LogP) is 19.5. The number of carbonyl (C=O) groups excluding carboxylic acids is 1. The molecule has 0 aromatic carbocycles. The molecule has 0 bridgehead atoms. The van der Waals surface area contributed by atoms with E-state index >= 15 is 0 Å². The second-order valence-electron chi connectivity index (χ2n) is 22.8. The molecule has 0 aliphatic heterocycles. The molecule has 0 saturated heterocycles. The van der Waals surface area contributed by atoms with Crippen LogP contribution in [0.2, 0.25) is 0 Å². The number of quaternary nitrogens is 1. The fourth-order valence-electron chi connectivity index (χ4n) is 9.45. The number of carbonyl (C=O) groups is 1. The van der Waals surface area contributed by atoms with Crippen molar-refractivity contribution in [1.82, 2.24) is 5.32 Å². The molecule has 8 nitrogen and oxygen atoms in total. The molecular formula is C64H124N2O6P+. The Bertz CT molecular complexity index is 1330. The number of unbranched alkanes of at least 4 members (excludes halogenated alkanes) is 37. The van der Waals surface area contributed by atoms with E-state index in [9.17, 15) is 19.4 Å². The third-order valence-corrected chi connectivity index (χ3v) is 15.3. The fourth-order valence-corrected chi connectivity index (χ4v) is 10.2. The third-order valence-electron chi connectivity index (χ3n) is 14.3. The number of nitrogens with zero attached hydrogens (tertiary/aromatic N) is 1. The number of phosphoric acid groups is 1. The van der Waals surface area contributed by atoms with E-state index in [1.807, 2.05) is 21.1 Å².